The van der Waals surface area contributed by atoms with Crippen LogP contribution in [0.2, 0.25) is 0 Å². The largest absolute Gasteiger partial charge is 0.438 e. The van der Waals surface area contributed by atoms with Crippen LogP contribution in [0.25, 0.3) is 11.1 Å². The van der Waals surface area contributed by atoms with Crippen LogP contribution in [0.3, 0.4) is 0 Å². The number of oxazole rings is 1. The molecule has 2 N–H and O–H groups in total. The van der Waals surface area contributed by atoms with Crippen molar-refractivity contribution in [3.63, 3.8) is 0 Å². The fourth-order valence-corrected chi connectivity index (χ4v) is 3.17. The zero-order valence-electron chi connectivity index (χ0n) is 9.74. The first-order valence-corrected chi connectivity index (χ1v) is 6.80. The van der Waals surface area contributed by atoms with E-state index in [1.54, 1.807) is 0 Å². The SMILES string of the molecule is CC1CCCC1c1nc2cc(Br)cc(N)c2o1. The molecule has 1 fully saturated rings. The lowest BCUT2D eigenvalue weighted by Crippen LogP contribution is -2.01. The first-order valence-electron chi connectivity index (χ1n) is 6.00. The molecule has 0 bridgehead atoms. The molecule has 2 aromatic rings. The number of benzene rings is 1. The maximum Gasteiger partial charge on any atom is 0.198 e. The Bertz CT molecular complexity index is 564. The van der Waals surface area contributed by atoms with Crippen LogP contribution < -0.4 is 5.73 Å². The van der Waals surface area contributed by atoms with Crippen LogP contribution in [0.15, 0.2) is 21.0 Å². The van der Waals surface area contributed by atoms with E-state index in [0.717, 1.165) is 21.5 Å². The molecule has 0 amide bonds. The highest BCUT2D eigenvalue weighted by atomic mass is 79.9. The van der Waals surface area contributed by atoms with Crippen molar-refractivity contribution in [2.45, 2.75) is 32.1 Å². The Balaban J connectivity index is 2.10. The van der Waals surface area contributed by atoms with Crippen LogP contribution in [0.1, 0.15) is 38.0 Å². The van der Waals surface area contributed by atoms with Gasteiger partial charge in [0.25, 0.3) is 0 Å². The molecule has 1 aliphatic carbocycles. The van der Waals surface area contributed by atoms with Gasteiger partial charge in [-0.2, -0.15) is 0 Å². The van der Waals surface area contributed by atoms with Crippen molar-refractivity contribution in [2.75, 3.05) is 5.73 Å². The van der Waals surface area contributed by atoms with Crippen molar-refractivity contribution in [3.8, 4) is 0 Å². The molecule has 1 saturated carbocycles. The highest BCUT2D eigenvalue weighted by Crippen LogP contribution is 2.40. The topological polar surface area (TPSA) is 52.0 Å². The van der Waals surface area contributed by atoms with Gasteiger partial charge in [-0.15, -0.1) is 0 Å². The van der Waals surface area contributed by atoms with Gasteiger partial charge in [-0.3, -0.25) is 0 Å². The third-order valence-electron chi connectivity index (χ3n) is 3.68. The second kappa shape index (κ2) is 4.02. The highest BCUT2D eigenvalue weighted by molar-refractivity contribution is 9.10. The first kappa shape index (κ1) is 11.1. The number of nitrogen functional groups attached to an aromatic ring is 1. The van der Waals surface area contributed by atoms with Crippen LogP contribution in [0, 0.1) is 5.92 Å². The third-order valence-corrected chi connectivity index (χ3v) is 4.14. The van der Waals surface area contributed by atoms with E-state index in [9.17, 15) is 0 Å². The molecule has 1 aliphatic rings. The summed E-state index contributed by atoms with van der Waals surface area (Å²) >= 11 is 3.43. The Labute approximate surface area is 109 Å². The second-order valence-electron chi connectivity index (χ2n) is 4.91. The van der Waals surface area contributed by atoms with Crippen molar-refractivity contribution in [3.05, 3.63) is 22.5 Å². The molecule has 0 saturated heterocycles. The van der Waals surface area contributed by atoms with Gasteiger partial charge in [-0.25, -0.2) is 4.98 Å². The van der Waals surface area contributed by atoms with Crippen molar-refractivity contribution < 1.29 is 4.42 Å². The summed E-state index contributed by atoms with van der Waals surface area (Å²) in [6, 6.07) is 3.81. The molecule has 1 heterocycles. The van der Waals surface area contributed by atoms with E-state index < -0.39 is 0 Å². The molecule has 1 aromatic heterocycles. The van der Waals surface area contributed by atoms with E-state index >= 15 is 0 Å². The Hall–Kier alpha value is -1.03. The second-order valence-corrected chi connectivity index (χ2v) is 5.83. The van der Waals surface area contributed by atoms with E-state index in [2.05, 4.69) is 27.8 Å². The van der Waals surface area contributed by atoms with Gasteiger partial charge in [0, 0.05) is 10.4 Å². The van der Waals surface area contributed by atoms with Gasteiger partial charge in [0.2, 0.25) is 0 Å². The summed E-state index contributed by atoms with van der Waals surface area (Å²) in [5.74, 6) is 1.98. The molecule has 2 atom stereocenters. The average Bonchev–Trinajstić information content (AvgIpc) is 2.83. The van der Waals surface area contributed by atoms with E-state index in [4.69, 9.17) is 10.2 Å². The number of rotatable bonds is 1. The number of aromatic nitrogens is 1. The zero-order valence-corrected chi connectivity index (χ0v) is 11.3. The van der Waals surface area contributed by atoms with Crippen LogP contribution >= 0.6 is 15.9 Å². The normalized spacial score (nSPS) is 24.6. The monoisotopic (exact) mass is 294 g/mol. The third kappa shape index (κ3) is 1.84. The van der Waals surface area contributed by atoms with E-state index in [1.165, 1.54) is 19.3 Å². The summed E-state index contributed by atoms with van der Waals surface area (Å²) in [5, 5.41) is 0. The van der Waals surface area contributed by atoms with E-state index in [1.807, 2.05) is 12.1 Å². The van der Waals surface area contributed by atoms with Gasteiger partial charge in [-0.1, -0.05) is 29.3 Å². The Kier molecular flexibility index (Phi) is 2.62. The van der Waals surface area contributed by atoms with Gasteiger partial charge in [0.15, 0.2) is 11.5 Å². The standard InChI is InChI=1S/C13H15BrN2O/c1-7-3-2-4-9(7)13-16-11-6-8(14)5-10(15)12(11)17-13/h5-7,9H,2-4,15H2,1H3. The van der Waals surface area contributed by atoms with Crippen molar-refractivity contribution >= 4 is 32.7 Å². The van der Waals surface area contributed by atoms with Gasteiger partial charge in [0.1, 0.15) is 5.52 Å². The van der Waals surface area contributed by atoms with Crippen molar-refractivity contribution in [2.24, 2.45) is 5.92 Å². The minimum atomic E-state index is 0.459. The number of nitrogens with two attached hydrogens (primary N) is 1. The van der Waals surface area contributed by atoms with Gasteiger partial charge in [0.05, 0.1) is 5.69 Å². The van der Waals surface area contributed by atoms with Crippen LogP contribution in [-0.2, 0) is 0 Å². The molecule has 90 valence electrons. The summed E-state index contributed by atoms with van der Waals surface area (Å²) < 4.78 is 6.80. The summed E-state index contributed by atoms with van der Waals surface area (Å²) in [5.41, 5.74) is 8.17. The zero-order chi connectivity index (χ0) is 12.0. The van der Waals surface area contributed by atoms with Gasteiger partial charge in [-0.05, 0) is 30.9 Å². The molecular formula is C13H15BrN2O. The molecule has 1 aromatic carbocycles. The average molecular weight is 295 g/mol. The summed E-state index contributed by atoms with van der Waals surface area (Å²) in [6.07, 6.45) is 3.71. The number of fused-ring (bicyclic) bond motifs is 1. The van der Waals surface area contributed by atoms with Crippen LogP contribution in [0.5, 0.6) is 0 Å². The molecule has 3 rings (SSSR count). The summed E-state index contributed by atoms with van der Waals surface area (Å²) in [4.78, 5) is 4.59. The number of hydrogen-bond acceptors (Lipinski definition) is 3. The maximum atomic E-state index is 5.94. The van der Waals surface area contributed by atoms with Crippen LogP contribution in [-0.4, -0.2) is 4.98 Å². The predicted molar refractivity (Wildman–Crippen MR) is 71.9 cm³/mol. The lowest BCUT2D eigenvalue weighted by atomic mass is 9.98. The van der Waals surface area contributed by atoms with E-state index in [0.29, 0.717) is 17.5 Å². The fraction of sp³-hybridized carbons (Fsp3) is 0.462. The van der Waals surface area contributed by atoms with Gasteiger partial charge >= 0.3 is 0 Å². The van der Waals surface area contributed by atoms with Crippen molar-refractivity contribution in [1.82, 2.24) is 4.98 Å². The van der Waals surface area contributed by atoms with E-state index in [-0.39, 0.29) is 0 Å². The minimum absolute atomic E-state index is 0.459. The Morgan fingerprint density at radius 3 is 2.94 bits per heavy atom. The maximum absolute atomic E-state index is 5.94. The first-order chi connectivity index (χ1) is 8.15. The fourth-order valence-electron chi connectivity index (χ4n) is 2.71. The van der Waals surface area contributed by atoms with Gasteiger partial charge < -0.3 is 10.2 Å². The highest BCUT2D eigenvalue weighted by Gasteiger charge is 2.29. The summed E-state index contributed by atoms with van der Waals surface area (Å²) in [7, 11) is 0. The summed E-state index contributed by atoms with van der Waals surface area (Å²) in [6.45, 7) is 2.27. The number of halogens is 1. The van der Waals surface area contributed by atoms with Crippen molar-refractivity contribution in [1.29, 1.82) is 0 Å². The number of nitrogens with zero attached hydrogens (tertiary/aromatic N) is 1. The lowest BCUT2D eigenvalue weighted by molar-refractivity contribution is 0.416. The molecule has 0 aliphatic heterocycles. The molecule has 3 nitrogen and oxygen atoms in total. The Morgan fingerprint density at radius 2 is 2.24 bits per heavy atom. The quantitative estimate of drug-likeness (QED) is 0.807. The molecular weight excluding hydrogens is 280 g/mol. The smallest absolute Gasteiger partial charge is 0.198 e. The molecule has 2 unspecified atom stereocenters. The molecule has 0 spiro atoms. The molecule has 17 heavy (non-hydrogen) atoms. The lowest BCUT2D eigenvalue weighted by Gasteiger charge is -2.09. The predicted octanol–water partition coefficient (Wildman–Crippen LogP) is 4.08. The number of anilines is 1. The molecule has 0 radical (unpaired) electrons. The molecule has 4 heteroatoms. The minimum Gasteiger partial charge on any atom is -0.438 e. The Morgan fingerprint density at radius 1 is 1.41 bits per heavy atom. The van der Waals surface area contributed by atoms with Crippen LogP contribution in [0.4, 0.5) is 5.69 Å². The number of hydrogen-bond donors (Lipinski definition) is 1.